The zero-order chi connectivity index (χ0) is 13.7. The third kappa shape index (κ3) is 3.98. The van der Waals surface area contributed by atoms with Crippen LogP contribution in [-0.4, -0.2) is 55.6 Å². The van der Waals surface area contributed by atoms with Crippen LogP contribution in [0.2, 0.25) is 0 Å². The van der Waals surface area contributed by atoms with E-state index in [1.54, 1.807) is 12.1 Å². The van der Waals surface area contributed by atoms with Crippen LogP contribution in [0.25, 0.3) is 0 Å². The lowest BCUT2D eigenvalue weighted by Crippen LogP contribution is -2.27. The molecule has 1 aliphatic rings. The van der Waals surface area contributed by atoms with E-state index >= 15 is 0 Å². The maximum Gasteiger partial charge on any atom is 0.251 e. The van der Waals surface area contributed by atoms with Gasteiger partial charge in [0.2, 0.25) is 0 Å². The molecule has 1 heterocycles. The first-order valence-electron chi connectivity index (χ1n) is 6.37. The average molecular weight is 281 g/mol. The molecule has 0 aromatic heterocycles. The van der Waals surface area contributed by atoms with Crippen molar-refractivity contribution in [1.29, 1.82) is 0 Å². The van der Waals surface area contributed by atoms with Crippen molar-refractivity contribution in [3.8, 4) is 0 Å². The van der Waals surface area contributed by atoms with E-state index in [0.29, 0.717) is 18.7 Å². The predicted molar refractivity (Wildman–Crippen MR) is 76.9 cm³/mol. The quantitative estimate of drug-likeness (QED) is 0.657. The monoisotopic (exact) mass is 281 g/mol. The van der Waals surface area contributed by atoms with Crippen molar-refractivity contribution in [2.75, 3.05) is 40.3 Å². The number of rotatable bonds is 5. The molecule has 1 fully saturated rings. The van der Waals surface area contributed by atoms with Crippen LogP contribution in [0.4, 0.5) is 0 Å². The van der Waals surface area contributed by atoms with Gasteiger partial charge >= 0.3 is 0 Å². The first-order valence-corrected chi connectivity index (χ1v) is 7.53. The van der Waals surface area contributed by atoms with Crippen LogP contribution in [0.5, 0.6) is 0 Å². The normalized spacial score (nSPS) is 17.8. The molecule has 1 aromatic carbocycles. The SMILES string of the molecule is CN1CCN(C)P1OCCNC(=O)c1ccccc1. The molecule has 1 aromatic rings. The minimum Gasteiger partial charge on any atom is -0.350 e. The molecular formula is C13H20N3O2P. The highest BCUT2D eigenvalue weighted by Gasteiger charge is 2.27. The van der Waals surface area contributed by atoms with Crippen molar-refractivity contribution in [2.24, 2.45) is 0 Å². The molecule has 0 aliphatic carbocycles. The van der Waals surface area contributed by atoms with Crippen molar-refractivity contribution < 1.29 is 9.32 Å². The summed E-state index contributed by atoms with van der Waals surface area (Å²) >= 11 is 0. The van der Waals surface area contributed by atoms with Crippen LogP contribution in [0.15, 0.2) is 30.3 Å². The summed E-state index contributed by atoms with van der Waals surface area (Å²) in [7, 11) is 3.50. The van der Waals surface area contributed by atoms with Crippen LogP contribution in [0.1, 0.15) is 10.4 Å². The molecule has 0 saturated carbocycles. The smallest absolute Gasteiger partial charge is 0.251 e. The summed E-state index contributed by atoms with van der Waals surface area (Å²) in [5.41, 5.74) is 0.684. The van der Waals surface area contributed by atoms with Gasteiger partial charge in [0.25, 0.3) is 5.91 Å². The summed E-state index contributed by atoms with van der Waals surface area (Å²) in [5.74, 6) is -0.0508. The molecule has 1 saturated heterocycles. The Morgan fingerprint density at radius 2 is 1.89 bits per heavy atom. The van der Waals surface area contributed by atoms with Gasteiger partial charge in [0.05, 0.1) is 6.61 Å². The molecule has 0 radical (unpaired) electrons. The van der Waals surface area contributed by atoms with Gasteiger partial charge in [0.15, 0.2) is 8.45 Å². The Bertz CT molecular complexity index is 406. The van der Waals surface area contributed by atoms with Gasteiger partial charge in [-0.2, -0.15) is 0 Å². The molecule has 5 nitrogen and oxygen atoms in total. The fourth-order valence-electron chi connectivity index (χ4n) is 1.90. The molecule has 0 atom stereocenters. The topological polar surface area (TPSA) is 44.8 Å². The second-order valence-electron chi connectivity index (χ2n) is 4.47. The van der Waals surface area contributed by atoms with Gasteiger partial charge < -0.3 is 9.84 Å². The summed E-state index contributed by atoms with van der Waals surface area (Å²) in [6, 6.07) is 9.22. The van der Waals surface area contributed by atoms with Gasteiger partial charge in [0.1, 0.15) is 0 Å². The third-order valence-electron chi connectivity index (χ3n) is 2.96. The number of carbonyl (C=O) groups is 1. The minimum absolute atomic E-state index is 0.0508. The highest BCUT2D eigenvalue weighted by molar-refractivity contribution is 7.47. The van der Waals surface area contributed by atoms with E-state index in [-0.39, 0.29) is 5.91 Å². The molecule has 0 spiro atoms. The molecule has 2 rings (SSSR count). The zero-order valence-corrected chi connectivity index (χ0v) is 12.3. The summed E-state index contributed by atoms with van der Waals surface area (Å²) in [6.07, 6.45) is 0. The fraction of sp³-hybridized carbons (Fsp3) is 0.462. The van der Waals surface area contributed by atoms with Gasteiger partial charge in [-0.05, 0) is 26.2 Å². The van der Waals surface area contributed by atoms with E-state index < -0.39 is 8.45 Å². The summed E-state index contributed by atoms with van der Waals surface area (Å²) in [4.78, 5) is 11.8. The fourth-order valence-corrected chi connectivity index (χ4v) is 3.59. The molecule has 0 unspecified atom stereocenters. The largest absolute Gasteiger partial charge is 0.350 e. The lowest BCUT2D eigenvalue weighted by molar-refractivity contribution is 0.0947. The van der Waals surface area contributed by atoms with Gasteiger partial charge in [-0.25, -0.2) is 9.34 Å². The number of benzene rings is 1. The zero-order valence-electron chi connectivity index (χ0n) is 11.4. The van der Waals surface area contributed by atoms with E-state index in [1.165, 1.54) is 0 Å². The maximum absolute atomic E-state index is 11.8. The first kappa shape index (κ1) is 14.4. The number of nitrogens with zero attached hydrogens (tertiary/aromatic N) is 2. The van der Waals surface area contributed by atoms with Gasteiger partial charge in [-0.1, -0.05) is 18.2 Å². The molecule has 19 heavy (non-hydrogen) atoms. The number of hydrogen-bond donors (Lipinski definition) is 1. The van der Waals surface area contributed by atoms with Crippen molar-refractivity contribution in [3.63, 3.8) is 0 Å². The van der Waals surface area contributed by atoms with Gasteiger partial charge in [-0.3, -0.25) is 4.79 Å². The van der Waals surface area contributed by atoms with Crippen LogP contribution >= 0.6 is 8.45 Å². The molecular weight excluding hydrogens is 261 g/mol. The van der Waals surface area contributed by atoms with Crippen molar-refractivity contribution in [3.05, 3.63) is 35.9 Å². The minimum atomic E-state index is -0.637. The van der Waals surface area contributed by atoms with Gasteiger partial charge in [-0.15, -0.1) is 0 Å². The summed E-state index contributed by atoms with van der Waals surface area (Å²) < 4.78 is 10.2. The number of likely N-dealkylation sites (N-methyl/N-ethyl adjacent to an activating group) is 2. The predicted octanol–water partition coefficient (Wildman–Crippen LogP) is 1.54. The number of amides is 1. The Morgan fingerprint density at radius 3 is 2.53 bits per heavy atom. The summed E-state index contributed by atoms with van der Waals surface area (Å²) in [5, 5.41) is 2.86. The standard InChI is InChI=1S/C13H20N3O2P/c1-15-9-10-16(2)19(15)18-11-8-14-13(17)12-6-4-3-5-7-12/h3-7H,8-11H2,1-2H3,(H,14,17). The van der Waals surface area contributed by atoms with Crippen LogP contribution in [0.3, 0.4) is 0 Å². The molecule has 0 bridgehead atoms. The lowest BCUT2D eigenvalue weighted by Gasteiger charge is -2.23. The van der Waals surface area contributed by atoms with Gasteiger partial charge in [0, 0.05) is 25.2 Å². The molecule has 104 valence electrons. The lowest BCUT2D eigenvalue weighted by atomic mass is 10.2. The molecule has 1 N–H and O–H groups in total. The van der Waals surface area contributed by atoms with E-state index in [4.69, 9.17) is 4.52 Å². The van der Waals surface area contributed by atoms with E-state index in [0.717, 1.165) is 13.1 Å². The number of nitrogens with one attached hydrogen (secondary N) is 1. The maximum atomic E-state index is 11.8. The van der Waals surface area contributed by atoms with Crippen LogP contribution in [-0.2, 0) is 4.52 Å². The highest BCUT2D eigenvalue weighted by atomic mass is 31.2. The Kier molecular flexibility index (Phi) is 5.28. The molecule has 1 aliphatic heterocycles. The molecule has 1 amide bonds. The van der Waals surface area contributed by atoms with Crippen molar-refractivity contribution >= 4 is 14.4 Å². The Hall–Kier alpha value is -1.00. The average Bonchev–Trinajstić information content (AvgIpc) is 2.75. The number of hydrogen-bond acceptors (Lipinski definition) is 4. The van der Waals surface area contributed by atoms with Crippen LogP contribution in [0, 0.1) is 0 Å². The Labute approximate surface area is 115 Å². The van der Waals surface area contributed by atoms with Crippen molar-refractivity contribution in [1.82, 2.24) is 14.7 Å². The third-order valence-corrected chi connectivity index (χ3v) is 4.94. The Morgan fingerprint density at radius 1 is 1.26 bits per heavy atom. The summed E-state index contributed by atoms with van der Waals surface area (Å²) in [6.45, 7) is 3.16. The van der Waals surface area contributed by atoms with Crippen LogP contribution < -0.4 is 5.32 Å². The van der Waals surface area contributed by atoms with E-state index in [9.17, 15) is 4.79 Å². The Balaban J connectivity index is 1.68. The second-order valence-corrected chi connectivity index (χ2v) is 6.60. The number of carbonyl (C=O) groups excluding carboxylic acids is 1. The first-order chi connectivity index (χ1) is 9.18. The van der Waals surface area contributed by atoms with E-state index in [2.05, 4.69) is 28.8 Å². The molecule has 6 heteroatoms. The van der Waals surface area contributed by atoms with E-state index in [1.807, 2.05) is 18.2 Å². The second kappa shape index (κ2) is 6.96. The van der Waals surface area contributed by atoms with Crippen molar-refractivity contribution in [2.45, 2.75) is 0 Å². The highest BCUT2D eigenvalue weighted by Crippen LogP contribution is 2.46.